The van der Waals surface area contributed by atoms with Gasteiger partial charge in [0.15, 0.2) is 0 Å². The molecular formula is C25H28N2O5. The van der Waals surface area contributed by atoms with Crippen LogP contribution in [0.15, 0.2) is 48.5 Å². The van der Waals surface area contributed by atoms with Crippen LogP contribution in [-0.4, -0.2) is 41.8 Å². The van der Waals surface area contributed by atoms with Gasteiger partial charge in [0.25, 0.3) is 0 Å². The highest BCUT2D eigenvalue weighted by Crippen LogP contribution is 2.44. The van der Waals surface area contributed by atoms with Crippen LogP contribution in [-0.2, 0) is 14.3 Å². The maximum absolute atomic E-state index is 12.6. The SMILES string of the molecule is CC(C)C(CNC(=O)OCC1c2ccccc2-c2ccccc21)C(=O)NC1(C(=O)O)CC1. The number of carboxylic acid groups (broad SMARTS) is 1. The lowest BCUT2D eigenvalue weighted by molar-refractivity contribution is -0.144. The Kier molecular flexibility index (Phi) is 5.91. The van der Waals surface area contributed by atoms with Crippen molar-refractivity contribution < 1.29 is 24.2 Å². The van der Waals surface area contributed by atoms with Crippen molar-refractivity contribution in [1.29, 1.82) is 0 Å². The third-order valence-corrected chi connectivity index (χ3v) is 6.47. The highest BCUT2D eigenvalue weighted by atomic mass is 16.5. The second-order valence-electron chi connectivity index (χ2n) is 8.93. The fourth-order valence-electron chi connectivity index (χ4n) is 4.32. The molecule has 0 radical (unpaired) electrons. The van der Waals surface area contributed by atoms with Crippen LogP contribution in [0.1, 0.15) is 43.7 Å². The molecule has 2 aromatic carbocycles. The summed E-state index contributed by atoms with van der Waals surface area (Å²) in [5.41, 5.74) is 3.42. The van der Waals surface area contributed by atoms with E-state index in [1.807, 2.05) is 38.1 Å². The number of alkyl carbamates (subject to hydrolysis) is 1. The van der Waals surface area contributed by atoms with Gasteiger partial charge < -0.3 is 20.5 Å². The minimum absolute atomic E-state index is 0.0392. The molecule has 1 fully saturated rings. The minimum Gasteiger partial charge on any atom is -0.480 e. The fraction of sp³-hybridized carbons (Fsp3) is 0.400. The monoisotopic (exact) mass is 436 g/mol. The molecule has 7 nitrogen and oxygen atoms in total. The second-order valence-corrected chi connectivity index (χ2v) is 8.93. The summed E-state index contributed by atoms with van der Waals surface area (Å²) in [7, 11) is 0. The van der Waals surface area contributed by atoms with Gasteiger partial charge in [0.05, 0.1) is 5.92 Å². The van der Waals surface area contributed by atoms with Gasteiger partial charge in [0.2, 0.25) is 5.91 Å². The predicted octanol–water partition coefficient (Wildman–Crippen LogP) is 3.53. The Hall–Kier alpha value is -3.35. The quantitative estimate of drug-likeness (QED) is 0.587. The Labute approximate surface area is 187 Å². The molecule has 1 unspecified atom stereocenters. The number of carboxylic acids is 1. The van der Waals surface area contributed by atoms with Crippen LogP contribution in [0, 0.1) is 11.8 Å². The van der Waals surface area contributed by atoms with Crippen molar-refractivity contribution in [3.8, 4) is 11.1 Å². The van der Waals surface area contributed by atoms with Crippen LogP contribution < -0.4 is 10.6 Å². The largest absolute Gasteiger partial charge is 0.480 e. The number of carbonyl (C=O) groups is 3. The summed E-state index contributed by atoms with van der Waals surface area (Å²) in [4.78, 5) is 36.4. The van der Waals surface area contributed by atoms with Crippen LogP contribution in [0.5, 0.6) is 0 Å². The Balaban J connectivity index is 1.35. The van der Waals surface area contributed by atoms with Crippen molar-refractivity contribution in [3.05, 3.63) is 59.7 Å². The molecule has 0 aliphatic heterocycles. The Morgan fingerprint density at radius 3 is 2.09 bits per heavy atom. The smallest absolute Gasteiger partial charge is 0.407 e. The standard InChI is InChI=1S/C25H28N2O5/c1-15(2)20(22(28)27-25(11-12-25)23(29)30)13-26-24(31)32-14-21-18-9-5-3-7-16(18)17-8-4-6-10-19(17)21/h3-10,15,20-21H,11-14H2,1-2H3,(H,26,31)(H,27,28)(H,29,30). The highest BCUT2D eigenvalue weighted by Gasteiger charge is 2.52. The minimum atomic E-state index is -1.14. The zero-order valence-electron chi connectivity index (χ0n) is 18.3. The molecule has 4 rings (SSSR count). The zero-order valence-corrected chi connectivity index (χ0v) is 18.3. The van der Waals surface area contributed by atoms with Crippen molar-refractivity contribution in [2.24, 2.45) is 11.8 Å². The molecule has 1 saturated carbocycles. The molecule has 0 bridgehead atoms. The molecule has 7 heteroatoms. The summed E-state index contributed by atoms with van der Waals surface area (Å²) in [6, 6.07) is 16.2. The first-order chi connectivity index (χ1) is 15.3. The van der Waals surface area contributed by atoms with Crippen LogP contribution in [0.4, 0.5) is 4.79 Å². The number of nitrogens with one attached hydrogen (secondary N) is 2. The number of hydrogen-bond donors (Lipinski definition) is 3. The van der Waals surface area contributed by atoms with E-state index in [4.69, 9.17) is 4.74 Å². The van der Waals surface area contributed by atoms with Gasteiger partial charge in [-0.15, -0.1) is 0 Å². The van der Waals surface area contributed by atoms with Gasteiger partial charge in [-0.3, -0.25) is 4.79 Å². The van der Waals surface area contributed by atoms with Crippen molar-refractivity contribution in [2.45, 2.75) is 38.1 Å². The average molecular weight is 437 g/mol. The lowest BCUT2D eigenvalue weighted by Gasteiger charge is -2.23. The first kappa shape index (κ1) is 21.9. The number of rotatable bonds is 8. The van der Waals surface area contributed by atoms with Crippen molar-refractivity contribution in [2.75, 3.05) is 13.2 Å². The average Bonchev–Trinajstić information content (AvgIpc) is 3.48. The summed E-state index contributed by atoms with van der Waals surface area (Å²) in [6.07, 6.45) is 0.266. The molecule has 1 atom stereocenters. The fourth-order valence-corrected chi connectivity index (χ4v) is 4.32. The predicted molar refractivity (Wildman–Crippen MR) is 119 cm³/mol. The molecular weight excluding hydrogens is 408 g/mol. The summed E-state index contributed by atoms with van der Waals surface area (Å²) in [5.74, 6) is -2.04. The third kappa shape index (κ3) is 4.20. The first-order valence-electron chi connectivity index (χ1n) is 11.0. The summed E-state index contributed by atoms with van der Waals surface area (Å²) >= 11 is 0. The molecule has 2 aliphatic rings. The topological polar surface area (TPSA) is 105 Å². The number of aliphatic carboxylic acids is 1. The van der Waals surface area contributed by atoms with Crippen LogP contribution in [0.2, 0.25) is 0 Å². The number of benzene rings is 2. The summed E-state index contributed by atoms with van der Waals surface area (Å²) in [6.45, 7) is 4.00. The van der Waals surface area contributed by atoms with Gasteiger partial charge in [0.1, 0.15) is 12.1 Å². The molecule has 32 heavy (non-hydrogen) atoms. The van der Waals surface area contributed by atoms with E-state index in [0.29, 0.717) is 12.8 Å². The second kappa shape index (κ2) is 8.65. The van der Waals surface area contributed by atoms with Gasteiger partial charge >= 0.3 is 12.1 Å². The third-order valence-electron chi connectivity index (χ3n) is 6.47. The van der Waals surface area contributed by atoms with Crippen molar-refractivity contribution in [1.82, 2.24) is 10.6 Å². The summed E-state index contributed by atoms with van der Waals surface area (Å²) < 4.78 is 5.53. The number of carbonyl (C=O) groups excluding carboxylic acids is 2. The number of ether oxygens (including phenoxy) is 1. The highest BCUT2D eigenvalue weighted by molar-refractivity contribution is 5.90. The van der Waals surface area contributed by atoms with Crippen LogP contribution in [0.25, 0.3) is 11.1 Å². The molecule has 0 heterocycles. The van der Waals surface area contributed by atoms with Crippen molar-refractivity contribution >= 4 is 18.0 Å². The van der Waals surface area contributed by atoms with E-state index >= 15 is 0 Å². The summed E-state index contributed by atoms with van der Waals surface area (Å²) in [5, 5.41) is 14.6. The van der Waals surface area contributed by atoms with E-state index in [1.165, 1.54) is 0 Å². The maximum atomic E-state index is 12.6. The Morgan fingerprint density at radius 2 is 1.59 bits per heavy atom. The van der Waals surface area contributed by atoms with Gasteiger partial charge in [-0.25, -0.2) is 9.59 Å². The van der Waals surface area contributed by atoms with Crippen LogP contribution in [0.3, 0.4) is 0 Å². The van der Waals surface area contributed by atoms with E-state index in [-0.39, 0.29) is 30.9 Å². The van der Waals surface area contributed by atoms with Gasteiger partial charge in [-0.2, -0.15) is 0 Å². The molecule has 2 aromatic rings. The molecule has 168 valence electrons. The lowest BCUT2D eigenvalue weighted by Crippen LogP contribution is -2.49. The van der Waals surface area contributed by atoms with E-state index < -0.39 is 23.5 Å². The molecule has 3 N–H and O–H groups in total. The molecule has 2 aliphatic carbocycles. The zero-order chi connectivity index (χ0) is 22.9. The Morgan fingerprint density at radius 1 is 1.03 bits per heavy atom. The normalized spacial score (nSPS) is 16.6. The number of fused-ring (bicyclic) bond motifs is 3. The molecule has 0 saturated heterocycles. The van der Waals surface area contributed by atoms with Crippen LogP contribution >= 0.6 is 0 Å². The van der Waals surface area contributed by atoms with E-state index in [0.717, 1.165) is 22.3 Å². The number of hydrogen-bond acceptors (Lipinski definition) is 4. The lowest BCUT2D eigenvalue weighted by atomic mass is 9.94. The Bertz CT molecular complexity index is 999. The van der Waals surface area contributed by atoms with Gasteiger partial charge in [-0.1, -0.05) is 62.4 Å². The van der Waals surface area contributed by atoms with E-state index in [1.54, 1.807) is 0 Å². The van der Waals surface area contributed by atoms with Gasteiger partial charge in [0, 0.05) is 12.5 Å². The molecule has 0 spiro atoms. The van der Waals surface area contributed by atoms with Gasteiger partial charge in [-0.05, 0) is 41.0 Å². The van der Waals surface area contributed by atoms with Crippen molar-refractivity contribution in [3.63, 3.8) is 0 Å². The molecule has 0 aromatic heterocycles. The maximum Gasteiger partial charge on any atom is 0.407 e. The molecule has 2 amide bonds. The van der Waals surface area contributed by atoms with E-state index in [2.05, 4.69) is 34.9 Å². The van der Waals surface area contributed by atoms with E-state index in [9.17, 15) is 19.5 Å². The number of amides is 2. The first-order valence-corrected chi connectivity index (χ1v) is 11.0.